The molecule has 0 aromatic rings. The zero-order valence-corrected chi connectivity index (χ0v) is 9.61. The van der Waals surface area contributed by atoms with Crippen LogP contribution in [0.5, 0.6) is 0 Å². The van der Waals surface area contributed by atoms with E-state index in [1.807, 2.05) is 13.0 Å². The fourth-order valence-electron chi connectivity index (χ4n) is 1.77. The second-order valence-electron chi connectivity index (χ2n) is 4.33. The number of rotatable bonds is 7. The van der Waals surface area contributed by atoms with Gasteiger partial charge < -0.3 is 15.2 Å². The monoisotopic (exact) mass is 213 g/mol. The molecule has 0 radical (unpaired) electrons. The fraction of sp³-hybridized carbons (Fsp3) is 0.833. The van der Waals surface area contributed by atoms with E-state index in [-0.39, 0.29) is 6.04 Å². The summed E-state index contributed by atoms with van der Waals surface area (Å²) in [7, 11) is 0. The Morgan fingerprint density at radius 3 is 2.80 bits per heavy atom. The summed E-state index contributed by atoms with van der Waals surface area (Å²) in [6.45, 7) is 6.70. The maximum atomic E-state index is 9.63. The average molecular weight is 213 g/mol. The Kier molecular flexibility index (Phi) is 5.91. The molecule has 2 unspecified atom stereocenters. The van der Waals surface area contributed by atoms with Crippen LogP contribution in [0.1, 0.15) is 32.6 Å². The summed E-state index contributed by atoms with van der Waals surface area (Å²) >= 11 is 0. The van der Waals surface area contributed by atoms with Gasteiger partial charge in [0.25, 0.3) is 0 Å². The quantitative estimate of drug-likeness (QED) is 0.629. The van der Waals surface area contributed by atoms with E-state index >= 15 is 0 Å². The van der Waals surface area contributed by atoms with Crippen LogP contribution >= 0.6 is 0 Å². The lowest BCUT2D eigenvalue weighted by molar-refractivity contribution is -0.00572. The molecule has 2 N–H and O–H groups in total. The Balaban J connectivity index is 2.02. The van der Waals surface area contributed by atoms with Crippen molar-refractivity contribution in [3.05, 3.63) is 12.7 Å². The van der Waals surface area contributed by atoms with Gasteiger partial charge in [0, 0.05) is 12.6 Å². The predicted octanol–water partition coefficient (Wildman–Crippen LogP) is 1.47. The van der Waals surface area contributed by atoms with Gasteiger partial charge >= 0.3 is 0 Å². The molecular formula is C12H23NO2. The van der Waals surface area contributed by atoms with E-state index < -0.39 is 6.10 Å². The van der Waals surface area contributed by atoms with E-state index in [1.54, 1.807) is 0 Å². The van der Waals surface area contributed by atoms with Crippen LogP contribution in [0, 0.1) is 0 Å². The van der Waals surface area contributed by atoms with E-state index in [9.17, 15) is 5.11 Å². The van der Waals surface area contributed by atoms with E-state index in [2.05, 4.69) is 11.9 Å². The molecule has 1 rings (SSSR count). The van der Waals surface area contributed by atoms with Gasteiger partial charge in [0.1, 0.15) is 0 Å². The summed E-state index contributed by atoms with van der Waals surface area (Å²) in [4.78, 5) is 0. The van der Waals surface area contributed by atoms with Crippen molar-refractivity contribution in [1.82, 2.24) is 5.32 Å². The van der Waals surface area contributed by atoms with Crippen molar-refractivity contribution in [2.45, 2.75) is 50.9 Å². The molecule has 0 saturated heterocycles. The Morgan fingerprint density at radius 1 is 1.53 bits per heavy atom. The molecule has 0 bridgehead atoms. The van der Waals surface area contributed by atoms with Gasteiger partial charge in [0.2, 0.25) is 0 Å². The summed E-state index contributed by atoms with van der Waals surface area (Å²) in [5.41, 5.74) is 0. The maximum Gasteiger partial charge on any atom is 0.0898 e. The highest BCUT2D eigenvalue weighted by Crippen LogP contribution is 2.20. The first-order valence-electron chi connectivity index (χ1n) is 5.88. The summed E-state index contributed by atoms with van der Waals surface area (Å²) < 4.78 is 5.61. The van der Waals surface area contributed by atoms with Crippen molar-refractivity contribution in [1.29, 1.82) is 0 Å². The Bertz CT molecular complexity index is 178. The fourth-order valence-corrected chi connectivity index (χ4v) is 1.77. The number of hydrogen-bond donors (Lipinski definition) is 2. The van der Waals surface area contributed by atoms with Crippen molar-refractivity contribution in [3.8, 4) is 0 Å². The van der Waals surface area contributed by atoms with Crippen LogP contribution in [0.15, 0.2) is 12.7 Å². The predicted molar refractivity (Wildman–Crippen MR) is 61.9 cm³/mol. The molecule has 3 nitrogen and oxygen atoms in total. The lowest BCUT2D eigenvalue weighted by Crippen LogP contribution is -2.35. The first-order chi connectivity index (χ1) is 7.22. The molecule has 0 aromatic heterocycles. The first-order valence-corrected chi connectivity index (χ1v) is 5.88. The molecule has 15 heavy (non-hydrogen) atoms. The van der Waals surface area contributed by atoms with Gasteiger partial charge in [-0.15, -0.1) is 6.58 Å². The number of hydrogen-bond acceptors (Lipinski definition) is 3. The van der Waals surface area contributed by atoms with Gasteiger partial charge in [0.05, 0.1) is 18.8 Å². The van der Waals surface area contributed by atoms with E-state index in [0.29, 0.717) is 19.3 Å². The minimum atomic E-state index is -0.409. The molecular weight excluding hydrogens is 190 g/mol. The highest BCUT2D eigenvalue weighted by atomic mass is 16.5. The molecule has 1 saturated carbocycles. The van der Waals surface area contributed by atoms with Crippen LogP contribution in [0.25, 0.3) is 0 Å². The van der Waals surface area contributed by atoms with Gasteiger partial charge in [-0.05, 0) is 19.8 Å². The van der Waals surface area contributed by atoms with Gasteiger partial charge in [-0.1, -0.05) is 18.9 Å². The molecule has 1 aliphatic rings. The Morgan fingerprint density at radius 2 is 2.20 bits per heavy atom. The Labute approximate surface area is 92.5 Å². The van der Waals surface area contributed by atoms with Crippen molar-refractivity contribution < 1.29 is 9.84 Å². The van der Waals surface area contributed by atoms with Crippen LogP contribution in [0.2, 0.25) is 0 Å². The largest absolute Gasteiger partial charge is 0.389 e. The lowest BCUT2D eigenvalue weighted by atomic mass is 10.3. The van der Waals surface area contributed by atoms with Crippen LogP contribution in [-0.4, -0.2) is 36.5 Å². The van der Waals surface area contributed by atoms with Crippen molar-refractivity contribution >= 4 is 0 Å². The number of nitrogens with one attached hydrogen (secondary N) is 1. The molecule has 0 aromatic carbocycles. The third kappa shape index (κ3) is 5.30. The van der Waals surface area contributed by atoms with Crippen molar-refractivity contribution in [2.24, 2.45) is 0 Å². The van der Waals surface area contributed by atoms with Crippen LogP contribution in [0.3, 0.4) is 0 Å². The number of aliphatic hydroxyl groups excluding tert-OH is 1. The molecule has 0 amide bonds. The number of aliphatic hydroxyl groups is 1. The average Bonchev–Trinajstić information content (AvgIpc) is 2.75. The smallest absolute Gasteiger partial charge is 0.0898 e. The minimum Gasteiger partial charge on any atom is -0.389 e. The molecule has 1 fully saturated rings. The summed E-state index contributed by atoms with van der Waals surface area (Å²) in [6.07, 6.45) is 6.65. The van der Waals surface area contributed by atoms with E-state index in [1.165, 1.54) is 12.8 Å². The molecule has 2 atom stereocenters. The van der Waals surface area contributed by atoms with Gasteiger partial charge in [-0.3, -0.25) is 0 Å². The maximum absolute atomic E-state index is 9.63. The molecule has 0 spiro atoms. The summed E-state index contributed by atoms with van der Waals surface area (Å²) in [6, 6.07) is 0.242. The topological polar surface area (TPSA) is 41.5 Å². The second-order valence-corrected chi connectivity index (χ2v) is 4.33. The van der Waals surface area contributed by atoms with E-state index in [0.717, 1.165) is 12.8 Å². The third-order valence-electron chi connectivity index (χ3n) is 2.86. The molecule has 0 aliphatic heterocycles. The van der Waals surface area contributed by atoms with E-state index in [4.69, 9.17) is 4.74 Å². The Hall–Kier alpha value is -0.380. The highest BCUT2D eigenvalue weighted by Gasteiger charge is 2.16. The van der Waals surface area contributed by atoms with Crippen molar-refractivity contribution in [2.75, 3.05) is 13.2 Å². The lowest BCUT2D eigenvalue weighted by Gasteiger charge is -2.17. The second kappa shape index (κ2) is 6.99. The van der Waals surface area contributed by atoms with Gasteiger partial charge in [-0.2, -0.15) is 0 Å². The van der Waals surface area contributed by atoms with Crippen LogP contribution < -0.4 is 5.32 Å². The van der Waals surface area contributed by atoms with Crippen LogP contribution in [0.4, 0.5) is 0 Å². The first kappa shape index (κ1) is 12.7. The molecule has 88 valence electrons. The standard InChI is InChI=1S/C12H23NO2/c1-3-10(2)13-8-11(14)9-15-12-6-4-5-7-12/h3,10-14H,1,4-9H2,2H3. The highest BCUT2D eigenvalue weighted by molar-refractivity contribution is 4.81. The zero-order valence-electron chi connectivity index (χ0n) is 9.61. The SMILES string of the molecule is C=CC(C)NCC(O)COC1CCCC1. The van der Waals surface area contributed by atoms with Crippen LogP contribution in [-0.2, 0) is 4.74 Å². The van der Waals surface area contributed by atoms with Gasteiger partial charge in [-0.25, -0.2) is 0 Å². The molecule has 3 heteroatoms. The summed E-state index contributed by atoms with van der Waals surface area (Å²) in [5.74, 6) is 0. The number of ether oxygens (including phenoxy) is 1. The normalized spacial score (nSPS) is 21.5. The molecule has 1 aliphatic carbocycles. The zero-order chi connectivity index (χ0) is 11.1. The minimum absolute atomic E-state index is 0.242. The third-order valence-corrected chi connectivity index (χ3v) is 2.86. The van der Waals surface area contributed by atoms with Gasteiger partial charge in [0.15, 0.2) is 0 Å². The summed E-state index contributed by atoms with van der Waals surface area (Å²) in [5, 5.41) is 12.8. The molecule has 0 heterocycles. The van der Waals surface area contributed by atoms with Crippen molar-refractivity contribution in [3.63, 3.8) is 0 Å².